The molecule has 28 heavy (non-hydrogen) atoms. The molecule has 6 radical (unpaired) electrons. The Kier molecular flexibility index (Phi) is 5.98. The van der Waals surface area contributed by atoms with Crippen molar-refractivity contribution < 1.29 is 23.8 Å². The highest BCUT2D eigenvalue weighted by atomic mass is 35.5. The summed E-state index contributed by atoms with van der Waals surface area (Å²) in [7, 11) is 17.0. The molecule has 146 valence electrons. The first kappa shape index (κ1) is 22.7. The van der Waals surface area contributed by atoms with Crippen molar-refractivity contribution in [2.75, 3.05) is 0 Å². The Morgan fingerprint density at radius 1 is 1.57 bits per heavy atom. The van der Waals surface area contributed by atoms with E-state index >= 15 is 4.39 Å². The minimum absolute atomic E-state index is 0.371. The summed E-state index contributed by atoms with van der Waals surface area (Å²) < 4.78 is 25.6. The zero-order valence-corrected chi connectivity index (χ0v) is 15.8. The molecule has 1 aromatic rings. The molecule has 0 aliphatic carbocycles. The fourth-order valence-electron chi connectivity index (χ4n) is 2.50. The van der Waals surface area contributed by atoms with Gasteiger partial charge in [0, 0.05) is 12.6 Å². The van der Waals surface area contributed by atoms with Crippen molar-refractivity contribution in [2.24, 2.45) is 11.7 Å². The number of H-pyrrole nitrogens is 1. The maximum absolute atomic E-state index is 15.4. The van der Waals surface area contributed by atoms with E-state index in [9.17, 15) is 19.5 Å². The van der Waals surface area contributed by atoms with Gasteiger partial charge in [-0.05, 0) is 5.92 Å². The second kappa shape index (κ2) is 7.36. The van der Waals surface area contributed by atoms with Gasteiger partial charge < -0.3 is 20.3 Å². The Balaban J connectivity index is 2.39. The molecule has 0 amide bonds. The number of carbonyl (C=O) groups excluding carboxylic acids is 1. The molecule has 0 aromatic carbocycles. The van der Waals surface area contributed by atoms with Crippen LogP contribution in [0.25, 0.3) is 0 Å². The number of aliphatic hydroxyl groups is 1. The third kappa shape index (κ3) is 3.80. The normalized spacial score (nSPS) is 29.0. The van der Waals surface area contributed by atoms with Crippen LogP contribution in [0, 0.1) is 5.92 Å². The number of carbonyl (C=O) groups is 1. The molecule has 1 aliphatic heterocycles. The number of nitrogens with zero attached hydrogens (tertiary/aromatic N) is 1. The fourth-order valence-corrected chi connectivity index (χ4v) is 2.65. The third-order valence-corrected chi connectivity index (χ3v) is 4.65. The standard InChI is InChI=1S/C14H16B3ClFN3O6/c1-5(2)8(20)10(25)27-14(16,17)12(19)3-7(23)13(15,28-12)22-4-6(18)9(24)21-11(22)26/h4-5,7-8,23H,3,20H2,1-2H3,(H,21,24,26)/t7-,8+,12+,13+/m1/s1. The Morgan fingerprint density at radius 2 is 2.14 bits per heavy atom. The summed E-state index contributed by atoms with van der Waals surface area (Å²) in [6.45, 7) is 3.22. The smallest absolute Gasteiger partial charge is 0.330 e. The molecule has 2 heterocycles. The monoisotopic (exact) mass is 409 g/mol. The van der Waals surface area contributed by atoms with Crippen LogP contribution in [0.15, 0.2) is 15.8 Å². The molecule has 0 spiro atoms. The Hall–Kier alpha value is -1.56. The van der Waals surface area contributed by atoms with Crippen molar-refractivity contribution in [3.63, 3.8) is 0 Å². The highest BCUT2D eigenvalue weighted by molar-refractivity contribution is 6.40. The minimum atomic E-state index is -3.23. The fraction of sp³-hybridized carbons (Fsp3) is 0.643. The second-order valence-electron chi connectivity index (χ2n) is 6.89. The predicted molar refractivity (Wildman–Crippen MR) is 98.8 cm³/mol. The Bertz CT molecular complexity index is 896. The summed E-state index contributed by atoms with van der Waals surface area (Å²) in [5.74, 6) is -4.71. The first-order valence-electron chi connectivity index (χ1n) is 8.09. The van der Waals surface area contributed by atoms with Crippen LogP contribution in [0.5, 0.6) is 0 Å². The van der Waals surface area contributed by atoms with Crippen LogP contribution in [0.3, 0.4) is 0 Å². The summed E-state index contributed by atoms with van der Waals surface area (Å²) in [5.41, 5.74) is 0.951. The van der Waals surface area contributed by atoms with Crippen molar-refractivity contribution in [1.29, 1.82) is 0 Å². The van der Waals surface area contributed by atoms with E-state index in [2.05, 4.69) is 0 Å². The summed E-state index contributed by atoms with van der Waals surface area (Å²) in [6.07, 6.45) is -2.14. The number of hydrogen-bond acceptors (Lipinski definition) is 7. The van der Waals surface area contributed by atoms with Crippen LogP contribution in [0.4, 0.5) is 4.39 Å². The van der Waals surface area contributed by atoms with Crippen LogP contribution in [0.2, 0.25) is 5.02 Å². The lowest BCUT2D eigenvalue weighted by Crippen LogP contribution is -2.59. The topological polar surface area (TPSA) is 137 Å². The maximum Gasteiger partial charge on any atom is 0.330 e. The lowest BCUT2D eigenvalue weighted by Gasteiger charge is -2.40. The number of aromatic nitrogens is 2. The number of halogens is 2. The SMILES string of the molecule is [B]C([B])(OC(=O)[C@@H](N)C(C)C)[C@]1(F)C[C@@H](O)[C@]([B])(n2cc(Cl)c(=O)[nH]c2=O)O1. The molecule has 4 N–H and O–H groups in total. The number of alkyl halides is 1. The van der Waals surface area contributed by atoms with E-state index in [1.165, 1.54) is 0 Å². The van der Waals surface area contributed by atoms with E-state index in [1.54, 1.807) is 13.8 Å². The number of esters is 1. The summed E-state index contributed by atoms with van der Waals surface area (Å²) >= 11 is 5.65. The molecule has 1 aromatic heterocycles. The van der Waals surface area contributed by atoms with Gasteiger partial charge in [-0.15, -0.1) is 0 Å². The summed E-state index contributed by atoms with van der Waals surface area (Å²) in [4.78, 5) is 37.2. The quantitative estimate of drug-likeness (QED) is 0.376. The van der Waals surface area contributed by atoms with Crippen molar-refractivity contribution in [2.45, 2.75) is 49.3 Å². The van der Waals surface area contributed by atoms with Gasteiger partial charge in [-0.1, -0.05) is 25.4 Å². The van der Waals surface area contributed by atoms with Crippen molar-refractivity contribution >= 4 is 41.1 Å². The van der Waals surface area contributed by atoms with Gasteiger partial charge in [0.2, 0.25) is 5.85 Å². The van der Waals surface area contributed by atoms with Crippen LogP contribution >= 0.6 is 11.6 Å². The van der Waals surface area contributed by atoms with Crippen molar-refractivity contribution in [3.05, 3.63) is 32.1 Å². The number of rotatable bonds is 5. The van der Waals surface area contributed by atoms with Crippen molar-refractivity contribution in [3.8, 4) is 0 Å². The minimum Gasteiger partial charge on any atom is -0.473 e. The summed E-state index contributed by atoms with van der Waals surface area (Å²) in [5, 5.41) is 6.85. The molecular weight excluding hydrogens is 393 g/mol. The molecule has 0 unspecified atom stereocenters. The molecule has 0 saturated carbocycles. The van der Waals surface area contributed by atoms with Gasteiger partial charge in [-0.3, -0.25) is 19.1 Å². The number of ether oxygens (including phenoxy) is 2. The molecule has 1 fully saturated rings. The molecule has 1 aliphatic rings. The van der Waals surface area contributed by atoms with Crippen LogP contribution in [-0.4, -0.2) is 67.6 Å². The van der Waals surface area contributed by atoms with Gasteiger partial charge in [0.25, 0.3) is 5.56 Å². The molecule has 1 saturated heterocycles. The highest BCUT2D eigenvalue weighted by Crippen LogP contribution is 2.45. The van der Waals surface area contributed by atoms with Gasteiger partial charge in [0.1, 0.15) is 40.2 Å². The summed E-state index contributed by atoms with van der Waals surface area (Å²) in [6, 6.07) is -1.16. The number of nitrogens with one attached hydrogen (secondary N) is 1. The van der Waals surface area contributed by atoms with E-state index in [0.717, 1.165) is 6.20 Å². The zero-order valence-electron chi connectivity index (χ0n) is 15.0. The van der Waals surface area contributed by atoms with Crippen LogP contribution in [0.1, 0.15) is 20.3 Å². The van der Waals surface area contributed by atoms with Gasteiger partial charge >= 0.3 is 11.7 Å². The van der Waals surface area contributed by atoms with Gasteiger partial charge in [0.15, 0.2) is 0 Å². The molecule has 9 nitrogen and oxygen atoms in total. The number of nitrogens with two attached hydrogens (primary N) is 1. The largest absolute Gasteiger partial charge is 0.473 e. The first-order chi connectivity index (χ1) is 12.6. The molecule has 4 atom stereocenters. The lowest BCUT2D eigenvalue weighted by molar-refractivity contribution is -0.232. The average Bonchev–Trinajstić information content (AvgIpc) is 2.81. The number of aromatic amines is 1. The van der Waals surface area contributed by atoms with E-state index in [1.807, 2.05) is 4.98 Å². The van der Waals surface area contributed by atoms with Gasteiger partial charge in [-0.2, -0.15) is 0 Å². The van der Waals surface area contributed by atoms with E-state index < -0.39 is 57.7 Å². The van der Waals surface area contributed by atoms with Gasteiger partial charge in [0.05, 0.1) is 11.5 Å². The number of aliphatic hydroxyl groups excluding tert-OH is 1. The van der Waals surface area contributed by atoms with E-state index in [4.69, 9.17) is 50.3 Å². The van der Waals surface area contributed by atoms with Crippen molar-refractivity contribution in [1.82, 2.24) is 9.55 Å². The van der Waals surface area contributed by atoms with Gasteiger partial charge in [-0.25, -0.2) is 9.18 Å². The predicted octanol–water partition coefficient (Wildman–Crippen LogP) is -2.07. The Labute approximate surface area is 167 Å². The zero-order chi connectivity index (χ0) is 21.7. The highest BCUT2D eigenvalue weighted by Gasteiger charge is 2.62. The third-order valence-electron chi connectivity index (χ3n) is 4.38. The molecule has 0 bridgehead atoms. The molecular formula is C14H16B3ClFN3O6. The maximum atomic E-state index is 15.4. The first-order valence-corrected chi connectivity index (χ1v) is 8.46. The Morgan fingerprint density at radius 3 is 2.68 bits per heavy atom. The number of hydrogen-bond donors (Lipinski definition) is 3. The van der Waals surface area contributed by atoms with E-state index in [-0.39, 0.29) is 5.92 Å². The van der Waals surface area contributed by atoms with E-state index in [0.29, 0.717) is 4.57 Å². The molecule has 2 rings (SSSR count). The second-order valence-corrected chi connectivity index (χ2v) is 7.30. The average molecular weight is 409 g/mol. The van der Waals surface area contributed by atoms with Crippen LogP contribution < -0.4 is 17.0 Å². The molecule has 14 heteroatoms. The lowest BCUT2D eigenvalue weighted by atomic mass is 9.59. The van der Waals surface area contributed by atoms with Crippen LogP contribution in [-0.2, 0) is 19.9 Å².